The Morgan fingerprint density at radius 3 is 2.35 bits per heavy atom. The molecule has 17 heavy (non-hydrogen) atoms. The monoisotopic (exact) mass is 261 g/mol. The van der Waals surface area contributed by atoms with Crippen molar-refractivity contribution in [3.05, 3.63) is 0 Å². The van der Waals surface area contributed by atoms with Crippen LogP contribution >= 0.6 is 0 Å². The van der Waals surface area contributed by atoms with Crippen LogP contribution < -0.4 is 5.32 Å². The summed E-state index contributed by atoms with van der Waals surface area (Å²) in [5.41, 5.74) is 0. The maximum Gasteiger partial charge on any atom is 0.500 e. The number of hydrogen-bond acceptors (Lipinski definition) is 7. The zero-order valence-electron chi connectivity index (χ0n) is 10.6. The highest BCUT2D eigenvalue weighted by Crippen LogP contribution is 2.15. The van der Waals surface area contributed by atoms with Gasteiger partial charge in [0, 0.05) is 34.4 Å². The SMILES string of the molecule is CNc1nnn(CCC[Si](OC)(OC)OC)n1. The van der Waals surface area contributed by atoms with Gasteiger partial charge in [-0.1, -0.05) is 5.10 Å². The third kappa shape index (κ3) is 3.73. The van der Waals surface area contributed by atoms with E-state index in [0.29, 0.717) is 18.5 Å². The lowest BCUT2D eigenvalue weighted by Gasteiger charge is -2.23. The summed E-state index contributed by atoms with van der Waals surface area (Å²) >= 11 is 0. The van der Waals surface area contributed by atoms with E-state index in [0.717, 1.165) is 6.42 Å². The van der Waals surface area contributed by atoms with Gasteiger partial charge in [0.15, 0.2) is 0 Å². The number of aromatic nitrogens is 4. The second-order valence-corrected chi connectivity index (χ2v) is 6.45. The zero-order chi connectivity index (χ0) is 12.7. The normalized spacial score (nSPS) is 11.8. The highest BCUT2D eigenvalue weighted by molar-refractivity contribution is 6.60. The molecule has 8 nitrogen and oxygen atoms in total. The van der Waals surface area contributed by atoms with Gasteiger partial charge in [-0.3, -0.25) is 0 Å². The summed E-state index contributed by atoms with van der Waals surface area (Å²) in [5.74, 6) is 0.513. The third-order valence-electron chi connectivity index (χ3n) is 2.45. The number of hydrogen-bond donors (Lipinski definition) is 1. The Labute approximate surface area is 102 Å². The van der Waals surface area contributed by atoms with E-state index in [1.807, 2.05) is 0 Å². The molecule has 0 aliphatic rings. The number of anilines is 1. The molecule has 0 radical (unpaired) electrons. The molecule has 0 bridgehead atoms. The lowest BCUT2D eigenvalue weighted by Crippen LogP contribution is -2.42. The van der Waals surface area contributed by atoms with Crippen LogP contribution in [0.2, 0.25) is 6.04 Å². The minimum absolute atomic E-state index is 0.513. The Morgan fingerprint density at radius 1 is 1.24 bits per heavy atom. The average molecular weight is 261 g/mol. The topological polar surface area (TPSA) is 83.3 Å². The first-order valence-electron chi connectivity index (χ1n) is 5.30. The Kier molecular flexibility index (Phi) is 5.48. The zero-order valence-corrected chi connectivity index (χ0v) is 11.6. The number of tetrazole rings is 1. The van der Waals surface area contributed by atoms with Crippen LogP contribution in [0.15, 0.2) is 0 Å². The maximum absolute atomic E-state index is 5.32. The molecule has 0 aliphatic heterocycles. The molecule has 0 spiro atoms. The van der Waals surface area contributed by atoms with Crippen molar-refractivity contribution in [3.63, 3.8) is 0 Å². The van der Waals surface area contributed by atoms with Crippen molar-refractivity contribution in [2.24, 2.45) is 0 Å². The van der Waals surface area contributed by atoms with Crippen LogP contribution in [-0.4, -0.2) is 57.4 Å². The van der Waals surface area contributed by atoms with E-state index < -0.39 is 8.80 Å². The molecule has 0 fully saturated rings. The minimum Gasteiger partial charge on any atom is -0.377 e. The van der Waals surface area contributed by atoms with E-state index in [1.54, 1.807) is 28.4 Å². The Bertz CT molecular complexity index is 322. The van der Waals surface area contributed by atoms with Gasteiger partial charge in [-0.05, 0) is 11.6 Å². The van der Waals surface area contributed by atoms with Gasteiger partial charge in [-0.25, -0.2) is 0 Å². The lowest BCUT2D eigenvalue weighted by molar-refractivity contribution is 0.122. The standard InChI is InChI=1S/C8H19N5O3Si/c1-9-8-10-12-13(11-8)6-5-7-17(14-2,15-3)16-4/h5-7H2,1-4H3,(H,9,11). The summed E-state index contributed by atoms with van der Waals surface area (Å²) in [7, 11) is 4.08. The Morgan fingerprint density at radius 2 is 1.88 bits per heavy atom. The number of nitrogens with one attached hydrogen (secondary N) is 1. The summed E-state index contributed by atoms with van der Waals surface area (Å²) < 4.78 is 16.0. The van der Waals surface area contributed by atoms with E-state index in [2.05, 4.69) is 20.7 Å². The Hall–Kier alpha value is -1.03. The second-order valence-electron chi connectivity index (χ2n) is 3.36. The van der Waals surface area contributed by atoms with Crippen LogP contribution in [0.3, 0.4) is 0 Å². The molecule has 0 amide bonds. The van der Waals surface area contributed by atoms with E-state index in [1.165, 1.54) is 4.80 Å². The molecule has 98 valence electrons. The van der Waals surface area contributed by atoms with Crippen LogP contribution in [-0.2, 0) is 19.8 Å². The molecule has 9 heteroatoms. The third-order valence-corrected chi connectivity index (χ3v) is 5.28. The molecule has 0 atom stereocenters. The van der Waals surface area contributed by atoms with Crippen molar-refractivity contribution < 1.29 is 13.3 Å². The van der Waals surface area contributed by atoms with Crippen molar-refractivity contribution in [3.8, 4) is 0 Å². The fourth-order valence-electron chi connectivity index (χ4n) is 1.43. The molecule has 1 rings (SSSR count). The molecule has 1 N–H and O–H groups in total. The van der Waals surface area contributed by atoms with Crippen LogP contribution in [0.1, 0.15) is 6.42 Å². The minimum atomic E-state index is -2.48. The highest BCUT2D eigenvalue weighted by atomic mass is 28.4. The molecular formula is C8H19N5O3Si. The summed E-state index contributed by atoms with van der Waals surface area (Å²) in [5, 5.41) is 14.6. The van der Waals surface area contributed by atoms with Gasteiger partial charge < -0.3 is 18.6 Å². The summed E-state index contributed by atoms with van der Waals surface area (Å²) in [6.07, 6.45) is 0.807. The maximum atomic E-state index is 5.32. The quantitative estimate of drug-likeness (QED) is 0.658. The van der Waals surface area contributed by atoms with Gasteiger partial charge in [0.1, 0.15) is 0 Å². The van der Waals surface area contributed by atoms with Crippen LogP contribution in [0, 0.1) is 0 Å². The molecule has 0 aliphatic carbocycles. The molecule has 0 saturated heterocycles. The summed E-state index contributed by atoms with van der Waals surface area (Å²) in [6, 6.07) is 0.715. The van der Waals surface area contributed by atoms with Gasteiger partial charge in [-0.15, -0.1) is 5.10 Å². The van der Waals surface area contributed by atoms with Crippen molar-refractivity contribution >= 4 is 14.8 Å². The molecular weight excluding hydrogens is 242 g/mol. The fraction of sp³-hybridized carbons (Fsp3) is 0.875. The van der Waals surface area contributed by atoms with E-state index in [9.17, 15) is 0 Å². The average Bonchev–Trinajstić information content (AvgIpc) is 2.83. The Balaban J connectivity index is 2.40. The predicted molar refractivity (Wildman–Crippen MR) is 63.6 cm³/mol. The molecule has 0 unspecified atom stereocenters. The molecule has 0 saturated carbocycles. The van der Waals surface area contributed by atoms with Crippen LogP contribution in [0.25, 0.3) is 0 Å². The molecule has 0 aromatic carbocycles. The van der Waals surface area contributed by atoms with Crippen LogP contribution in [0.5, 0.6) is 0 Å². The van der Waals surface area contributed by atoms with Gasteiger partial charge in [-0.2, -0.15) is 4.80 Å². The van der Waals surface area contributed by atoms with Crippen molar-refractivity contribution in [2.45, 2.75) is 19.0 Å². The van der Waals surface area contributed by atoms with Gasteiger partial charge >= 0.3 is 8.80 Å². The van der Waals surface area contributed by atoms with Gasteiger partial charge in [0.2, 0.25) is 0 Å². The van der Waals surface area contributed by atoms with Gasteiger partial charge in [0.25, 0.3) is 5.95 Å². The largest absolute Gasteiger partial charge is 0.500 e. The first-order chi connectivity index (χ1) is 8.19. The number of nitrogens with zero attached hydrogens (tertiary/aromatic N) is 4. The second kappa shape index (κ2) is 6.64. The lowest BCUT2D eigenvalue weighted by atomic mass is 10.5. The molecule has 1 aromatic rings. The van der Waals surface area contributed by atoms with Gasteiger partial charge in [0.05, 0.1) is 6.54 Å². The van der Waals surface area contributed by atoms with Crippen LogP contribution in [0.4, 0.5) is 5.95 Å². The van der Waals surface area contributed by atoms with Crippen molar-refractivity contribution in [1.29, 1.82) is 0 Å². The smallest absolute Gasteiger partial charge is 0.377 e. The predicted octanol–water partition coefficient (Wildman–Crippen LogP) is -0.0170. The summed E-state index contributed by atoms with van der Waals surface area (Å²) in [6.45, 7) is 0.652. The van der Waals surface area contributed by atoms with E-state index in [4.69, 9.17) is 13.3 Å². The van der Waals surface area contributed by atoms with E-state index >= 15 is 0 Å². The van der Waals surface area contributed by atoms with Crippen molar-refractivity contribution in [2.75, 3.05) is 33.7 Å². The first kappa shape index (κ1) is 14.0. The molecule has 1 aromatic heterocycles. The number of aryl methyl sites for hydroxylation is 1. The highest BCUT2D eigenvalue weighted by Gasteiger charge is 2.36. The number of rotatable bonds is 8. The van der Waals surface area contributed by atoms with Crippen molar-refractivity contribution in [1.82, 2.24) is 20.2 Å². The van der Waals surface area contributed by atoms with E-state index in [-0.39, 0.29) is 0 Å². The fourth-order valence-corrected chi connectivity index (χ4v) is 3.13. The summed E-state index contributed by atoms with van der Waals surface area (Å²) in [4.78, 5) is 1.53. The molecule has 1 heterocycles. The first-order valence-corrected chi connectivity index (χ1v) is 7.24.